The van der Waals surface area contributed by atoms with Crippen molar-refractivity contribution in [2.45, 2.75) is 52.4 Å². The van der Waals surface area contributed by atoms with Crippen LogP contribution >= 0.6 is 0 Å². The molecule has 0 saturated carbocycles. The Bertz CT molecular complexity index is 1210. The molecule has 1 saturated heterocycles. The van der Waals surface area contributed by atoms with E-state index < -0.39 is 0 Å². The number of hydrogen-bond donors (Lipinski definition) is 2. The van der Waals surface area contributed by atoms with Gasteiger partial charge in [0.2, 0.25) is 0 Å². The van der Waals surface area contributed by atoms with Crippen molar-refractivity contribution in [1.29, 1.82) is 0 Å². The Kier molecular flexibility index (Phi) is 8.52. The second kappa shape index (κ2) is 11.8. The van der Waals surface area contributed by atoms with E-state index in [-0.39, 0.29) is 29.8 Å². The molecule has 37 heavy (non-hydrogen) atoms. The van der Waals surface area contributed by atoms with Gasteiger partial charge in [-0.1, -0.05) is 36.4 Å². The number of rotatable bonds is 8. The van der Waals surface area contributed by atoms with E-state index in [1.807, 2.05) is 61.2 Å². The second-order valence-corrected chi connectivity index (χ2v) is 10.1. The zero-order valence-electron chi connectivity index (χ0n) is 22.3. The van der Waals surface area contributed by atoms with Crippen molar-refractivity contribution < 1.29 is 15.0 Å². The highest BCUT2D eigenvalue weighted by Gasteiger charge is 2.35. The maximum atomic E-state index is 13.2. The first kappa shape index (κ1) is 26.7. The van der Waals surface area contributed by atoms with E-state index in [1.165, 1.54) is 0 Å². The summed E-state index contributed by atoms with van der Waals surface area (Å²) in [6.45, 7) is 12.3. The van der Waals surface area contributed by atoms with Gasteiger partial charge in [-0.25, -0.2) is 0 Å². The molecule has 3 aromatic rings. The number of phenols is 2. The zero-order chi connectivity index (χ0) is 26.5. The summed E-state index contributed by atoms with van der Waals surface area (Å²) in [5.74, 6) is 0.569. The van der Waals surface area contributed by atoms with Crippen LogP contribution in [0.1, 0.15) is 60.8 Å². The van der Waals surface area contributed by atoms with E-state index in [0.29, 0.717) is 24.4 Å². The lowest BCUT2D eigenvalue weighted by molar-refractivity contribution is 0.0194. The lowest BCUT2D eigenvalue weighted by Crippen LogP contribution is -2.56. The maximum absolute atomic E-state index is 13.2. The highest BCUT2D eigenvalue weighted by molar-refractivity contribution is 5.94. The molecular weight excluding hydrogens is 462 g/mol. The number of piperazine rings is 1. The summed E-state index contributed by atoms with van der Waals surface area (Å²) in [5, 5.41) is 20.2. The second-order valence-electron chi connectivity index (χ2n) is 10.1. The molecule has 0 spiro atoms. The summed E-state index contributed by atoms with van der Waals surface area (Å²) in [6.07, 6.45) is 0. The Morgan fingerprint density at radius 1 is 0.865 bits per heavy atom. The van der Waals surface area contributed by atoms with Gasteiger partial charge in [0.1, 0.15) is 11.5 Å². The Labute approximate surface area is 220 Å². The van der Waals surface area contributed by atoms with E-state index >= 15 is 0 Å². The lowest BCUT2D eigenvalue weighted by Gasteiger charge is -2.47. The molecule has 6 heteroatoms. The molecule has 0 radical (unpaired) electrons. The van der Waals surface area contributed by atoms with Gasteiger partial charge in [0.25, 0.3) is 5.91 Å². The normalized spacial score (nSPS) is 19.5. The van der Waals surface area contributed by atoms with Crippen molar-refractivity contribution in [2.75, 3.05) is 26.2 Å². The summed E-state index contributed by atoms with van der Waals surface area (Å²) in [5.41, 5.74) is 3.84. The zero-order valence-corrected chi connectivity index (χ0v) is 22.3. The number of aromatic hydroxyl groups is 2. The van der Waals surface area contributed by atoms with E-state index in [2.05, 4.69) is 41.8 Å². The molecule has 3 atom stereocenters. The van der Waals surface area contributed by atoms with E-state index in [0.717, 1.165) is 36.3 Å². The summed E-state index contributed by atoms with van der Waals surface area (Å²) in [4.78, 5) is 19.9. The van der Waals surface area contributed by atoms with Crippen LogP contribution in [0.3, 0.4) is 0 Å². The monoisotopic (exact) mass is 501 g/mol. The summed E-state index contributed by atoms with van der Waals surface area (Å²) >= 11 is 0. The van der Waals surface area contributed by atoms with Gasteiger partial charge in [-0.05, 0) is 80.8 Å². The quantitative estimate of drug-likeness (QED) is 0.441. The van der Waals surface area contributed by atoms with Gasteiger partial charge in [-0.2, -0.15) is 0 Å². The minimum absolute atomic E-state index is 0.0406. The fraction of sp³-hybridized carbons (Fsp3) is 0.387. The van der Waals surface area contributed by atoms with Crippen LogP contribution < -0.4 is 0 Å². The van der Waals surface area contributed by atoms with Crippen LogP contribution in [0.2, 0.25) is 0 Å². The summed E-state index contributed by atoms with van der Waals surface area (Å²) in [6, 6.07) is 23.3. The van der Waals surface area contributed by atoms with E-state index in [4.69, 9.17) is 0 Å². The van der Waals surface area contributed by atoms with E-state index in [1.54, 1.807) is 12.1 Å². The maximum Gasteiger partial charge on any atom is 0.253 e. The van der Waals surface area contributed by atoms with Crippen LogP contribution in [-0.2, 0) is 6.54 Å². The molecule has 0 aromatic heterocycles. The predicted molar refractivity (Wildman–Crippen MR) is 148 cm³/mol. The van der Waals surface area contributed by atoms with Crippen LogP contribution in [0, 0.1) is 0 Å². The number of carbonyl (C=O) groups is 1. The third-order valence-electron chi connectivity index (χ3n) is 7.48. The summed E-state index contributed by atoms with van der Waals surface area (Å²) in [7, 11) is 0. The number of hydrogen-bond acceptors (Lipinski definition) is 5. The number of nitrogens with zero attached hydrogens (tertiary/aromatic N) is 3. The number of carbonyl (C=O) groups excluding carboxylic acids is 1. The molecule has 0 bridgehead atoms. The minimum Gasteiger partial charge on any atom is -0.508 e. The average Bonchev–Trinajstić information content (AvgIpc) is 2.88. The average molecular weight is 502 g/mol. The van der Waals surface area contributed by atoms with Gasteiger partial charge in [0.15, 0.2) is 0 Å². The van der Waals surface area contributed by atoms with Crippen LogP contribution in [0.25, 0.3) is 0 Å². The first-order valence-corrected chi connectivity index (χ1v) is 13.3. The van der Waals surface area contributed by atoms with Gasteiger partial charge in [-0.15, -0.1) is 0 Å². The minimum atomic E-state index is -0.100. The number of phenolic OH excluding ortho intramolecular Hbond substituents is 2. The van der Waals surface area contributed by atoms with Gasteiger partial charge in [-0.3, -0.25) is 14.6 Å². The fourth-order valence-corrected chi connectivity index (χ4v) is 5.50. The van der Waals surface area contributed by atoms with Gasteiger partial charge in [0, 0.05) is 50.4 Å². The smallest absolute Gasteiger partial charge is 0.253 e. The van der Waals surface area contributed by atoms with Crippen LogP contribution in [0.15, 0.2) is 72.8 Å². The molecule has 3 aromatic carbocycles. The van der Waals surface area contributed by atoms with Gasteiger partial charge in [0.05, 0.1) is 6.04 Å². The molecule has 1 amide bonds. The first-order chi connectivity index (χ1) is 17.8. The van der Waals surface area contributed by atoms with Crippen molar-refractivity contribution in [2.24, 2.45) is 0 Å². The fourth-order valence-electron chi connectivity index (χ4n) is 5.50. The topological polar surface area (TPSA) is 67.3 Å². The Morgan fingerprint density at radius 3 is 2.14 bits per heavy atom. The predicted octanol–water partition coefficient (Wildman–Crippen LogP) is 5.26. The molecule has 6 nitrogen and oxygen atoms in total. The SMILES string of the molecule is CCN(CC)C(=O)c1cccc([C@H](c2cccc(O)c2)N2C[C@@H](C)N(Cc3cccc(O)c3)C[C@@H]2C)c1. The number of benzene rings is 3. The van der Waals surface area contributed by atoms with Crippen molar-refractivity contribution in [1.82, 2.24) is 14.7 Å². The lowest BCUT2D eigenvalue weighted by atomic mass is 9.92. The number of amides is 1. The third-order valence-corrected chi connectivity index (χ3v) is 7.48. The molecule has 4 rings (SSSR count). The molecule has 1 aliphatic heterocycles. The van der Waals surface area contributed by atoms with E-state index in [9.17, 15) is 15.0 Å². The molecule has 0 unspecified atom stereocenters. The summed E-state index contributed by atoms with van der Waals surface area (Å²) < 4.78 is 0. The first-order valence-electron chi connectivity index (χ1n) is 13.3. The van der Waals surface area contributed by atoms with Gasteiger partial charge >= 0.3 is 0 Å². The third kappa shape index (κ3) is 6.14. The van der Waals surface area contributed by atoms with Crippen molar-refractivity contribution in [3.05, 3.63) is 95.1 Å². The molecule has 1 aliphatic rings. The van der Waals surface area contributed by atoms with Crippen LogP contribution in [0.5, 0.6) is 11.5 Å². The van der Waals surface area contributed by atoms with Gasteiger partial charge < -0.3 is 15.1 Å². The highest BCUT2D eigenvalue weighted by atomic mass is 16.3. The van der Waals surface area contributed by atoms with Crippen molar-refractivity contribution in [3.8, 4) is 11.5 Å². The molecular formula is C31H39N3O3. The molecule has 1 heterocycles. The molecule has 0 aliphatic carbocycles. The molecule has 196 valence electrons. The molecule has 1 fully saturated rings. The van der Waals surface area contributed by atoms with Crippen LogP contribution in [-0.4, -0.2) is 69.1 Å². The highest BCUT2D eigenvalue weighted by Crippen LogP contribution is 2.35. The van der Waals surface area contributed by atoms with Crippen LogP contribution in [0.4, 0.5) is 0 Å². The molecule has 2 N–H and O–H groups in total. The standard InChI is InChI=1S/C31H39N3O3/c1-5-32(6-2)31(37)27-13-8-11-25(17-27)30(26-12-9-15-29(36)18-26)34-20-22(3)33(19-23(34)4)21-24-10-7-14-28(35)16-24/h7-18,22-23,30,35-36H,5-6,19-21H2,1-4H3/t22-,23+,30-/m1/s1. The Balaban J connectivity index is 1.66. The van der Waals surface area contributed by atoms with Crippen molar-refractivity contribution >= 4 is 5.91 Å². The largest absolute Gasteiger partial charge is 0.508 e. The Hall–Kier alpha value is -3.35. The Morgan fingerprint density at radius 2 is 1.49 bits per heavy atom. The van der Waals surface area contributed by atoms with Crippen molar-refractivity contribution in [3.63, 3.8) is 0 Å².